The highest BCUT2D eigenvalue weighted by Crippen LogP contribution is 2.37. The standard InChI is InChI=1S/C17H27NO3/c1-3-21-16-11-14(7-8-15(16)20-2)18-12-17(13-19)9-5-4-6-10-17/h7-8,11,18-19H,3-6,9-10,12-13H2,1-2H3. The number of hydrogen-bond donors (Lipinski definition) is 2. The van der Waals surface area contributed by atoms with Crippen molar-refractivity contribution in [2.24, 2.45) is 5.41 Å². The van der Waals surface area contributed by atoms with Crippen LogP contribution in [0.3, 0.4) is 0 Å². The van der Waals surface area contributed by atoms with Gasteiger partial charge in [-0.3, -0.25) is 0 Å². The van der Waals surface area contributed by atoms with Crippen LogP contribution in [0.2, 0.25) is 0 Å². The summed E-state index contributed by atoms with van der Waals surface area (Å²) in [6.45, 7) is 3.64. The van der Waals surface area contributed by atoms with Gasteiger partial charge >= 0.3 is 0 Å². The molecule has 0 atom stereocenters. The van der Waals surface area contributed by atoms with Crippen LogP contribution < -0.4 is 14.8 Å². The molecule has 0 aliphatic heterocycles. The zero-order valence-electron chi connectivity index (χ0n) is 13.2. The molecule has 0 heterocycles. The highest BCUT2D eigenvalue weighted by atomic mass is 16.5. The number of ether oxygens (including phenoxy) is 2. The van der Waals surface area contributed by atoms with Gasteiger partial charge in [0.25, 0.3) is 0 Å². The molecule has 0 unspecified atom stereocenters. The molecule has 0 spiro atoms. The Morgan fingerprint density at radius 2 is 1.95 bits per heavy atom. The minimum Gasteiger partial charge on any atom is -0.493 e. The second-order valence-electron chi connectivity index (χ2n) is 5.87. The molecule has 2 rings (SSSR count). The number of hydrogen-bond acceptors (Lipinski definition) is 4. The second kappa shape index (κ2) is 7.55. The lowest BCUT2D eigenvalue weighted by molar-refractivity contribution is 0.0944. The minimum atomic E-state index is 0.0317. The van der Waals surface area contributed by atoms with Crippen LogP contribution in [0.25, 0.3) is 0 Å². The van der Waals surface area contributed by atoms with E-state index >= 15 is 0 Å². The molecule has 0 bridgehead atoms. The summed E-state index contributed by atoms with van der Waals surface area (Å²) in [4.78, 5) is 0. The predicted octanol–water partition coefficient (Wildman–Crippen LogP) is 3.45. The fraction of sp³-hybridized carbons (Fsp3) is 0.647. The molecule has 1 aliphatic carbocycles. The van der Waals surface area contributed by atoms with E-state index in [0.29, 0.717) is 6.61 Å². The van der Waals surface area contributed by atoms with E-state index in [2.05, 4.69) is 5.32 Å². The van der Waals surface area contributed by atoms with Gasteiger partial charge in [-0.15, -0.1) is 0 Å². The average Bonchev–Trinajstić information content (AvgIpc) is 2.54. The lowest BCUT2D eigenvalue weighted by atomic mass is 9.74. The summed E-state index contributed by atoms with van der Waals surface area (Å²) >= 11 is 0. The third-order valence-corrected chi connectivity index (χ3v) is 4.38. The normalized spacial score (nSPS) is 17.3. The molecule has 0 amide bonds. The van der Waals surface area contributed by atoms with E-state index in [1.807, 2.05) is 25.1 Å². The van der Waals surface area contributed by atoms with E-state index in [1.165, 1.54) is 19.3 Å². The number of anilines is 1. The SMILES string of the molecule is CCOc1cc(NCC2(CO)CCCCC2)ccc1OC. The number of rotatable bonds is 7. The van der Waals surface area contributed by atoms with Gasteiger partial charge < -0.3 is 19.9 Å². The molecule has 2 N–H and O–H groups in total. The van der Waals surface area contributed by atoms with E-state index in [4.69, 9.17) is 9.47 Å². The predicted molar refractivity (Wildman–Crippen MR) is 85.3 cm³/mol. The molecule has 1 aromatic rings. The van der Waals surface area contributed by atoms with Gasteiger partial charge in [0.2, 0.25) is 0 Å². The van der Waals surface area contributed by atoms with Crippen molar-refractivity contribution in [3.8, 4) is 11.5 Å². The van der Waals surface area contributed by atoms with Gasteiger partial charge in [0, 0.05) is 23.7 Å². The maximum atomic E-state index is 9.76. The summed E-state index contributed by atoms with van der Waals surface area (Å²) < 4.78 is 10.9. The van der Waals surface area contributed by atoms with Gasteiger partial charge in [-0.05, 0) is 31.9 Å². The fourth-order valence-corrected chi connectivity index (χ4v) is 3.04. The van der Waals surface area contributed by atoms with Gasteiger partial charge in [0.05, 0.1) is 20.3 Å². The molecule has 118 valence electrons. The summed E-state index contributed by atoms with van der Waals surface area (Å²) in [5.74, 6) is 1.50. The summed E-state index contributed by atoms with van der Waals surface area (Å²) in [6, 6.07) is 5.88. The van der Waals surface area contributed by atoms with E-state index in [0.717, 1.165) is 36.6 Å². The Kier molecular flexibility index (Phi) is 5.74. The van der Waals surface area contributed by atoms with E-state index in [1.54, 1.807) is 7.11 Å². The van der Waals surface area contributed by atoms with Gasteiger partial charge in [0.15, 0.2) is 11.5 Å². The zero-order chi connectivity index (χ0) is 15.1. The number of methoxy groups -OCH3 is 1. The van der Waals surface area contributed by atoms with Crippen LogP contribution in [0, 0.1) is 5.41 Å². The van der Waals surface area contributed by atoms with Crippen molar-refractivity contribution in [3.05, 3.63) is 18.2 Å². The molecule has 0 saturated heterocycles. The highest BCUT2D eigenvalue weighted by molar-refractivity contribution is 5.54. The fourth-order valence-electron chi connectivity index (χ4n) is 3.04. The monoisotopic (exact) mass is 293 g/mol. The van der Waals surface area contributed by atoms with Gasteiger partial charge in [-0.2, -0.15) is 0 Å². The summed E-state index contributed by atoms with van der Waals surface area (Å²) in [5, 5.41) is 13.2. The second-order valence-corrected chi connectivity index (χ2v) is 5.87. The van der Waals surface area contributed by atoms with Gasteiger partial charge in [0.1, 0.15) is 0 Å². The first-order chi connectivity index (χ1) is 10.2. The van der Waals surface area contributed by atoms with Crippen molar-refractivity contribution in [1.29, 1.82) is 0 Å². The molecular weight excluding hydrogens is 266 g/mol. The molecule has 1 fully saturated rings. The molecule has 4 nitrogen and oxygen atoms in total. The molecule has 0 aromatic heterocycles. The van der Waals surface area contributed by atoms with E-state index < -0.39 is 0 Å². The Balaban J connectivity index is 2.03. The Morgan fingerprint density at radius 3 is 2.57 bits per heavy atom. The van der Waals surface area contributed by atoms with Gasteiger partial charge in [-0.1, -0.05) is 19.3 Å². The highest BCUT2D eigenvalue weighted by Gasteiger charge is 2.31. The summed E-state index contributed by atoms with van der Waals surface area (Å²) in [7, 11) is 1.65. The maximum Gasteiger partial charge on any atom is 0.163 e. The molecule has 4 heteroatoms. The zero-order valence-corrected chi connectivity index (χ0v) is 13.2. The third-order valence-electron chi connectivity index (χ3n) is 4.38. The number of aliphatic hydroxyl groups is 1. The van der Waals surface area contributed by atoms with Crippen molar-refractivity contribution in [2.45, 2.75) is 39.0 Å². The number of nitrogens with one attached hydrogen (secondary N) is 1. The van der Waals surface area contributed by atoms with E-state index in [9.17, 15) is 5.11 Å². The molecular formula is C17H27NO3. The van der Waals surface area contributed by atoms with Crippen molar-refractivity contribution < 1.29 is 14.6 Å². The molecule has 1 aromatic carbocycles. The third kappa shape index (κ3) is 4.03. The lowest BCUT2D eigenvalue weighted by Crippen LogP contribution is -2.35. The van der Waals surface area contributed by atoms with Crippen LogP contribution in [-0.4, -0.2) is 32.0 Å². The molecule has 0 radical (unpaired) electrons. The van der Waals surface area contributed by atoms with Crippen molar-refractivity contribution >= 4 is 5.69 Å². The molecule has 1 aliphatic rings. The number of benzene rings is 1. The van der Waals surface area contributed by atoms with Crippen LogP contribution in [0.1, 0.15) is 39.0 Å². The van der Waals surface area contributed by atoms with Crippen LogP contribution in [-0.2, 0) is 0 Å². The molecule has 21 heavy (non-hydrogen) atoms. The smallest absolute Gasteiger partial charge is 0.163 e. The Bertz CT molecular complexity index is 442. The number of aliphatic hydroxyl groups excluding tert-OH is 1. The summed E-state index contributed by atoms with van der Waals surface area (Å²) in [6.07, 6.45) is 5.93. The van der Waals surface area contributed by atoms with Crippen LogP contribution in [0.5, 0.6) is 11.5 Å². The lowest BCUT2D eigenvalue weighted by Gasteiger charge is -2.36. The van der Waals surface area contributed by atoms with Gasteiger partial charge in [-0.25, -0.2) is 0 Å². The Morgan fingerprint density at radius 1 is 1.19 bits per heavy atom. The van der Waals surface area contributed by atoms with E-state index in [-0.39, 0.29) is 12.0 Å². The maximum absolute atomic E-state index is 9.76. The largest absolute Gasteiger partial charge is 0.493 e. The minimum absolute atomic E-state index is 0.0317. The van der Waals surface area contributed by atoms with Crippen molar-refractivity contribution in [2.75, 3.05) is 32.2 Å². The van der Waals surface area contributed by atoms with Crippen molar-refractivity contribution in [3.63, 3.8) is 0 Å². The first-order valence-corrected chi connectivity index (χ1v) is 7.88. The Hall–Kier alpha value is -1.42. The van der Waals surface area contributed by atoms with Crippen LogP contribution >= 0.6 is 0 Å². The molecule has 1 saturated carbocycles. The topological polar surface area (TPSA) is 50.7 Å². The first-order valence-electron chi connectivity index (χ1n) is 7.88. The summed E-state index contributed by atoms with van der Waals surface area (Å²) in [5.41, 5.74) is 1.04. The Labute approximate surface area is 127 Å². The van der Waals surface area contributed by atoms with Crippen LogP contribution in [0.15, 0.2) is 18.2 Å². The quantitative estimate of drug-likeness (QED) is 0.808. The first kappa shape index (κ1) is 16.0. The van der Waals surface area contributed by atoms with Crippen LogP contribution in [0.4, 0.5) is 5.69 Å². The average molecular weight is 293 g/mol. The van der Waals surface area contributed by atoms with Crippen molar-refractivity contribution in [1.82, 2.24) is 0 Å².